The molecule has 1 N–H and O–H groups in total. The van der Waals surface area contributed by atoms with E-state index in [1.54, 1.807) is 0 Å². The lowest BCUT2D eigenvalue weighted by Gasteiger charge is -2.30. The number of fused-ring (bicyclic) bond motifs is 1. The summed E-state index contributed by atoms with van der Waals surface area (Å²) < 4.78 is 39.4. The molecule has 0 spiro atoms. The Labute approximate surface area is 141 Å². The second-order valence-corrected chi connectivity index (χ2v) is 12.3. The SMILES string of the molecule is CCP(=O)(CC)[C@@H](N[S@@](=O)C(C)(C)C)c1ccc2c(c1)OCO2. The predicted octanol–water partition coefficient (Wildman–Crippen LogP) is 3.87. The van der Waals surface area contributed by atoms with Crippen molar-refractivity contribution in [1.29, 1.82) is 0 Å². The molecule has 0 saturated heterocycles. The second kappa shape index (κ2) is 6.96. The van der Waals surface area contributed by atoms with Gasteiger partial charge in [-0.2, -0.15) is 0 Å². The first-order valence-electron chi connectivity index (χ1n) is 7.86. The van der Waals surface area contributed by atoms with E-state index in [1.165, 1.54) is 0 Å². The van der Waals surface area contributed by atoms with Gasteiger partial charge in [0.25, 0.3) is 0 Å². The molecule has 0 saturated carbocycles. The Morgan fingerprint density at radius 2 is 1.83 bits per heavy atom. The van der Waals surface area contributed by atoms with E-state index in [0.717, 1.165) is 5.56 Å². The van der Waals surface area contributed by atoms with Crippen molar-refractivity contribution in [2.75, 3.05) is 19.1 Å². The molecule has 1 aliphatic heterocycles. The summed E-state index contributed by atoms with van der Waals surface area (Å²) in [4.78, 5) is 0. The van der Waals surface area contributed by atoms with Crippen LogP contribution in [0.2, 0.25) is 0 Å². The molecule has 2 atom stereocenters. The number of hydrogen-bond acceptors (Lipinski definition) is 4. The van der Waals surface area contributed by atoms with E-state index < -0.39 is 28.7 Å². The van der Waals surface area contributed by atoms with Gasteiger partial charge in [-0.3, -0.25) is 0 Å². The average molecular weight is 359 g/mol. The Balaban J connectivity index is 2.41. The zero-order chi connectivity index (χ0) is 17.3. The Kier molecular flexibility index (Phi) is 5.59. The molecule has 2 rings (SSSR count). The van der Waals surface area contributed by atoms with Crippen molar-refractivity contribution in [1.82, 2.24) is 4.72 Å². The minimum atomic E-state index is -2.56. The highest BCUT2D eigenvalue weighted by Gasteiger charge is 2.35. The van der Waals surface area contributed by atoms with E-state index in [-0.39, 0.29) is 6.79 Å². The van der Waals surface area contributed by atoms with E-state index in [2.05, 4.69) is 4.72 Å². The van der Waals surface area contributed by atoms with E-state index in [0.29, 0.717) is 23.8 Å². The molecule has 130 valence electrons. The first kappa shape index (κ1) is 18.5. The van der Waals surface area contributed by atoms with E-state index in [1.807, 2.05) is 52.8 Å². The van der Waals surface area contributed by atoms with Gasteiger partial charge in [0.05, 0.1) is 21.5 Å². The predicted molar refractivity (Wildman–Crippen MR) is 95.0 cm³/mol. The van der Waals surface area contributed by atoms with Gasteiger partial charge in [0.1, 0.15) is 7.14 Å². The molecule has 0 unspecified atom stereocenters. The summed E-state index contributed by atoms with van der Waals surface area (Å²) in [7, 11) is -3.87. The Morgan fingerprint density at radius 3 is 2.39 bits per heavy atom. The van der Waals surface area contributed by atoms with Gasteiger partial charge in [0, 0.05) is 0 Å². The fraction of sp³-hybridized carbons (Fsp3) is 0.625. The van der Waals surface area contributed by atoms with Gasteiger partial charge in [0.2, 0.25) is 6.79 Å². The number of nitrogens with one attached hydrogen (secondary N) is 1. The molecule has 0 bridgehead atoms. The van der Waals surface area contributed by atoms with Crippen molar-refractivity contribution in [2.24, 2.45) is 0 Å². The van der Waals surface area contributed by atoms with E-state index >= 15 is 0 Å². The Bertz CT molecular complexity index is 633. The lowest BCUT2D eigenvalue weighted by atomic mass is 10.2. The van der Waals surface area contributed by atoms with Crippen LogP contribution in [0.15, 0.2) is 18.2 Å². The van der Waals surface area contributed by atoms with Crippen LogP contribution >= 0.6 is 7.14 Å². The minimum Gasteiger partial charge on any atom is -0.454 e. The zero-order valence-electron chi connectivity index (χ0n) is 14.4. The van der Waals surface area contributed by atoms with Gasteiger partial charge in [-0.25, -0.2) is 8.93 Å². The summed E-state index contributed by atoms with van der Waals surface area (Å²) in [6.07, 6.45) is 1.11. The Hall–Kier alpha value is -0.840. The molecule has 1 aliphatic rings. The maximum Gasteiger partial charge on any atom is 0.231 e. The average Bonchev–Trinajstić information content (AvgIpc) is 2.98. The van der Waals surface area contributed by atoms with Gasteiger partial charge in [-0.1, -0.05) is 19.9 Å². The van der Waals surface area contributed by atoms with Gasteiger partial charge in [-0.15, -0.1) is 0 Å². The summed E-state index contributed by atoms with van der Waals surface area (Å²) in [5.41, 5.74) is 0.832. The molecule has 1 aromatic rings. The highest BCUT2D eigenvalue weighted by molar-refractivity contribution is 7.85. The van der Waals surface area contributed by atoms with Crippen LogP contribution in [0.4, 0.5) is 0 Å². The van der Waals surface area contributed by atoms with Crippen LogP contribution in [-0.4, -0.2) is 28.1 Å². The van der Waals surface area contributed by atoms with Gasteiger partial charge in [-0.05, 0) is 50.8 Å². The molecule has 23 heavy (non-hydrogen) atoms. The lowest BCUT2D eigenvalue weighted by Crippen LogP contribution is -2.36. The summed E-state index contributed by atoms with van der Waals surface area (Å²) in [6, 6.07) is 5.54. The summed E-state index contributed by atoms with van der Waals surface area (Å²) in [6.45, 7) is 9.74. The third-order valence-electron chi connectivity index (χ3n) is 4.03. The van der Waals surface area contributed by atoms with Crippen molar-refractivity contribution < 1.29 is 18.2 Å². The smallest absolute Gasteiger partial charge is 0.231 e. The fourth-order valence-electron chi connectivity index (χ4n) is 2.39. The highest BCUT2D eigenvalue weighted by Crippen LogP contribution is 2.58. The normalized spacial score (nSPS) is 17.1. The topological polar surface area (TPSA) is 64.6 Å². The molecule has 7 heteroatoms. The van der Waals surface area contributed by atoms with Crippen molar-refractivity contribution in [2.45, 2.75) is 45.1 Å². The molecule has 0 radical (unpaired) electrons. The molecule has 5 nitrogen and oxygen atoms in total. The zero-order valence-corrected chi connectivity index (χ0v) is 16.1. The molecule has 1 heterocycles. The quantitative estimate of drug-likeness (QED) is 0.783. The first-order valence-corrected chi connectivity index (χ1v) is 11.2. The number of ether oxygens (including phenoxy) is 2. The van der Waals surface area contributed by atoms with Crippen LogP contribution in [0.1, 0.15) is 46.0 Å². The molecule has 1 aromatic carbocycles. The molecule has 0 amide bonds. The molecule has 0 aliphatic carbocycles. The lowest BCUT2D eigenvalue weighted by molar-refractivity contribution is 0.174. The van der Waals surface area contributed by atoms with Crippen LogP contribution in [0, 0.1) is 0 Å². The molecule has 0 fully saturated rings. The van der Waals surface area contributed by atoms with Crippen LogP contribution < -0.4 is 14.2 Å². The standard InChI is InChI=1S/C16H26NO4PS/c1-6-22(18,7-2)15(17-23(19)16(3,4)5)12-8-9-13-14(10-12)21-11-20-13/h8-10,15,17H,6-7,11H2,1-5H3/t15-,23+/m1/s1. The van der Waals surface area contributed by atoms with E-state index in [4.69, 9.17) is 9.47 Å². The van der Waals surface area contributed by atoms with Gasteiger partial charge >= 0.3 is 0 Å². The molecular weight excluding hydrogens is 333 g/mol. The largest absolute Gasteiger partial charge is 0.454 e. The first-order chi connectivity index (χ1) is 10.7. The van der Waals surface area contributed by atoms with E-state index in [9.17, 15) is 8.77 Å². The summed E-state index contributed by atoms with van der Waals surface area (Å²) in [5, 5.41) is 0. The number of hydrogen-bond donors (Lipinski definition) is 1. The Morgan fingerprint density at radius 1 is 1.22 bits per heavy atom. The fourth-order valence-corrected chi connectivity index (χ4v) is 6.02. The second-order valence-electron chi connectivity index (χ2n) is 6.60. The van der Waals surface area contributed by atoms with Crippen molar-refractivity contribution >= 4 is 18.1 Å². The summed E-state index contributed by atoms with van der Waals surface area (Å²) >= 11 is 0. The molecule has 0 aromatic heterocycles. The minimum absolute atomic E-state index is 0.198. The van der Waals surface area contributed by atoms with Crippen molar-refractivity contribution in [3.8, 4) is 11.5 Å². The van der Waals surface area contributed by atoms with Crippen molar-refractivity contribution in [3.63, 3.8) is 0 Å². The third-order valence-corrected chi connectivity index (χ3v) is 9.27. The van der Waals surface area contributed by atoms with Crippen LogP contribution in [0.3, 0.4) is 0 Å². The van der Waals surface area contributed by atoms with Gasteiger partial charge < -0.3 is 14.0 Å². The molecular formula is C16H26NO4PS. The summed E-state index contributed by atoms with van der Waals surface area (Å²) in [5.74, 6) is 0.883. The van der Waals surface area contributed by atoms with Gasteiger partial charge in [0.15, 0.2) is 11.5 Å². The van der Waals surface area contributed by atoms with Crippen LogP contribution in [0.25, 0.3) is 0 Å². The number of benzene rings is 1. The van der Waals surface area contributed by atoms with Crippen molar-refractivity contribution in [3.05, 3.63) is 23.8 Å². The van der Waals surface area contributed by atoms with Crippen LogP contribution in [0.5, 0.6) is 11.5 Å². The maximum atomic E-state index is 13.3. The third kappa shape index (κ3) is 3.98. The number of rotatable bonds is 6. The highest BCUT2D eigenvalue weighted by atomic mass is 32.2. The van der Waals surface area contributed by atoms with Crippen LogP contribution in [-0.2, 0) is 15.6 Å². The maximum absolute atomic E-state index is 13.3. The monoisotopic (exact) mass is 359 g/mol.